The summed E-state index contributed by atoms with van der Waals surface area (Å²) in [5, 5.41) is 9.73. The van der Waals surface area contributed by atoms with Gasteiger partial charge in [-0.3, -0.25) is 0 Å². The number of hydrogen-bond donors (Lipinski definition) is 1. The SMILES string of the molecule is CCC(=Cc1cc(Cl)c2c(c1)OCCCO2)CO. The molecule has 1 aliphatic rings. The lowest BCUT2D eigenvalue weighted by Gasteiger charge is -2.10. The second-order valence-electron chi connectivity index (χ2n) is 4.19. The second kappa shape index (κ2) is 6.12. The van der Waals surface area contributed by atoms with Crippen molar-refractivity contribution < 1.29 is 14.6 Å². The van der Waals surface area contributed by atoms with Gasteiger partial charge in [-0.15, -0.1) is 0 Å². The van der Waals surface area contributed by atoms with Gasteiger partial charge in [0, 0.05) is 6.42 Å². The minimum absolute atomic E-state index is 0.0581. The molecule has 1 aromatic carbocycles. The summed E-state index contributed by atoms with van der Waals surface area (Å²) in [6.07, 6.45) is 3.59. The summed E-state index contributed by atoms with van der Waals surface area (Å²) in [4.78, 5) is 0. The number of aliphatic hydroxyl groups is 1. The molecule has 0 bridgehead atoms. The van der Waals surface area contributed by atoms with Gasteiger partial charge in [0.1, 0.15) is 0 Å². The maximum absolute atomic E-state index is 9.18. The van der Waals surface area contributed by atoms with Crippen LogP contribution in [0.3, 0.4) is 0 Å². The number of benzene rings is 1. The Bertz CT molecular complexity index is 449. The van der Waals surface area contributed by atoms with Crippen LogP contribution in [-0.4, -0.2) is 24.9 Å². The zero-order valence-corrected chi connectivity index (χ0v) is 11.2. The number of halogens is 1. The molecule has 0 aromatic heterocycles. The van der Waals surface area contributed by atoms with E-state index >= 15 is 0 Å². The summed E-state index contributed by atoms with van der Waals surface area (Å²) in [5.41, 5.74) is 1.88. The summed E-state index contributed by atoms with van der Waals surface area (Å²) in [7, 11) is 0. The van der Waals surface area contributed by atoms with Gasteiger partial charge >= 0.3 is 0 Å². The molecular weight excluding hydrogens is 252 g/mol. The molecule has 0 spiro atoms. The van der Waals surface area contributed by atoms with E-state index in [1.54, 1.807) is 0 Å². The third-order valence-corrected chi connectivity index (χ3v) is 3.13. The lowest BCUT2D eigenvalue weighted by Crippen LogP contribution is -1.97. The van der Waals surface area contributed by atoms with Gasteiger partial charge in [-0.05, 0) is 29.7 Å². The van der Waals surface area contributed by atoms with Crippen LogP contribution in [0.4, 0.5) is 0 Å². The molecule has 0 atom stereocenters. The van der Waals surface area contributed by atoms with Gasteiger partial charge in [-0.1, -0.05) is 24.6 Å². The highest BCUT2D eigenvalue weighted by atomic mass is 35.5. The average Bonchev–Trinajstić information content (AvgIpc) is 2.61. The van der Waals surface area contributed by atoms with Crippen LogP contribution in [-0.2, 0) is 0 Å². The Balaban J connectivity index is 2.37. The van der Waals surface area contributed by atoms with Crippen LogP contribution in [0.2, 0.25) is 5.02 Å². The summed E-state index contributed by atoms with van der Waals surface area (Å²) >= 11 is 6.19. The van der Waals surface area contributed by atoms with Crippen LogP contribution in [0.25, 0.3) is 6.08 Å². The van der Waals surface area contributed by atoms with Gasteiger partial charge in [-0.25, -0.2) is 0 Å². The van der Waals surface area contributed by atoms with E-state index in [1.807, 2.05) is 25.1 Å². The predicted molar refractivity (Wildman–Crippen MR) is 72.4 cm³/mol. The monoisotopic (exact) mass is 268 g/mol. The highest BCUT2D eigenvalue weighted by Crippen LogP contribution is 2.38. The van der Waals surface area contributed by atoms with E-state index in [0.29, 0.717) is 29.7 Å². The molecular formula is C14H17ClO3. The first-order valence-corrected chi connectivity index (χ1v) is 6.52. The number of aliphatic hydroxyl groups excluding tert-OH is 1. The molecule has 0 amide bonds. The van der Waals surface area contributed by atoms with E-state index in [0.717, 1.165) is 24.0 Å². The van der Waals surface area contributed by atoms with Crippen molar-refractivity contribution in [3.05, 3.63) is 28.3 Å². The Morgan fingerprint density at radius 3 is 2.89 bits per heavy atom. The third kappa shape index (κ3) is 2.98. The molecule has 1 N–H and O–H groups in total. The number of rotatable bonds is 3. The molecule has 4 heteroatoms. The maximum atomic E-state index is 9.18. The van der Waals surface area contributed by atoms with E-state index in [4.69, 9.17) is 21.1 Å². The molecule has 1 aliphatic heterocycles. The van der Waals surface area contributed by atoms with Crippen LogP contribution in [0, 0.1) is 0 Å². The fourth-order valence-corrected chi connectivity index (χ4v) is 2.10. The van der Waals surface area contributed by atoms with Gasteiger partial charge in [-0.2, -0.15) is 0 Å². The van der Waals surface area contributed by atoms with Crippen LogP contribution in [0.1, 0.15) is 25.3 Å². The van der Waals surface area contributed by atoms with Crippen LogP contribution < -0.4 is 9.47 Å². The molecule has 0 saturated carbocycles. The van der Waals surface area contributed by atoms with Crippen LogP contribution in [0.15, 0.2) is 17.7 Å². The Labute approximate surface area is 112 Å². The van der Waals surface area contributed by atoms with Crippen LogP contribution in [0.5, 0.6) is 11.5 Å². The molecule has 0 saturated heterocycles. The fourth-order valence-electron chi connectivity index (χ4n) is 1.83. The molecule has 98 valence electrons. The maximum Gasteiger partial charge on any atom is 0.179 e. The van der Waals surface area contributed by atoms with Gasteiger partial charge in [0.05, 0.1) is 24.8 Å². The molecule has 3 nitrogen and oxygen atoms in total. The summed E-state index contributed by atoms with van der Waals surface area (Å²) < 4.78 is 11.2. The van der Waals surface area contributed by atoms with Gasteiger partial charge in [0.2, 0.25) is 0 Å². The second-order valence-corrected chi connectivity index (χ2v) is 4.60. The first-order valence-electron chi connectivity index (χ1n) is 6.14. The smallest absolute Gasteiger partial charge is 0.179 e. The van der Waals surface area contributed by atoms with E-state index in [1.165, 1.54) is 0 Å². The first-order chi connectivity index (χ1) is 8.74. The fraction of sp³-hybridized carbons (Fsp3) is 0.429. The molecule has 0 fully saturated rings. The molecule has 1 aromatic rings. The molecule has 0 radical (unpaired) electrons. The third-order valence-electron chi connectivity index (χ3n) is 2.85. The highest BCUT2D eigenvalue weighted by molar-refractivity contribution is 6.32. The Morgan fingerprint density at radius 2 is 2.17 bits per heavy atom. The first kappa shape index (κ1) is 13.2. The van der Waals surface area contributed by atoms with Crippen molar-refractivity contribution in [2.45, 2.75) is 19.8 Å². The van der Waals surface area contributed by atoms with E-state index in [9.17, 15) is 5.11 Å². The predicted octanol–water partition coefficient (Wildman–Crippen LogP) is 3.29. The quantitative estimate of drug-likeness (QED) is 0.914. The van der Waals surface area contributed by atoms with Crippen LogP contribution >= 0.6 is 11.6 Å². The van der Waals surface area contributed by atoms with E-state index < -0.39 is 0 Å². The average molecular weight is 269 g/mol. The minimum atomic E-state index is 0.0581. The zero-order valence-electron chi connectivity index (χ0n) is 10.4. The number of fused-ring (bicyclic) bond motifs is 1. The van der Waals surface area contributed by atoms with E-state index in [2.05, 4.69) is 0 Å². The highest BCUT2D eigenvalue weighted by Gasteiger charge is 2.15. The van der Waals surface area contributed by atoms with Crippen molar-refractivity contribution in [3.63, 3.8) is 0 Å². The van der Waals surface area contributed by atoms with Gasteiger partial charge in [0.25, 0.3) is 0 Å². The topological polar surface area (TPSA) is 38.7 Å². The van der Waals surface area contributed by atoms with Crippen molar-refractivity contribution in [1.29, 1.82) is 0 Å². The largest absolute Gasteiger partial charge is 0.489 e. The molecule has 18 heavy (non-hydrogen) atoms. The van der Waals surface area contributed by atoms with E-state index in [-0.39, 0.29) is 6.61 Å². The summed E-state index contributed by atoms with van der Waals surface area (Å²) in [5.74, 6) is 1.30. The molecule has 0 aliphatic carbocycles. The molecule has 2 rings (SSSR count). The summed E-state index contributed by atoms with van der Waals surface area (Å²) in [6, 6.07) is 3.73. The summed E-state index contributed by atoms with van der Waals surface area (Å²) in [6.45, 7) is 3.32. The van der Waals surface area contributed by atoms with Crippen molar-refractivity contribution in [1.82, 2.24) is 0 Å². The van der Waals surface area contributed by atoms with Crippen molar-refractivity contribution in [3.8, 4) is 11.5 Å². The zero-order chi connectivity index (χ0) is 13.0. The Hall–Kier alpha value is -1.19. The molecule has 1 heterocycles. The minimum Gasteiger partial charge on any atom is -0.489 e. The van der Waals surface area contributed by atoms with Crippen molar-refractivity contribution >= 4 is 17.7 Å². The lowest BCUT2D eigenvalue weighted by molar-refractivity contribution is 0.297. The number of hydrogen-bond acceptors (Lipinski definition) is 3. The lowest BCUT2D eigenvalue weighted by atomic mass is 10.1. The van der Waals surface area contributed by atoms with Gasteiger partial charge in [0.15, 0.2) is 11.5 Å². The normalized spacial score (nSPS) is 15.4. The number of ether oxygens (including phenoxy) is 2. The van der Waals surface area contributed by atoms with Gasteiger partial charge < -0.3 is 14.6 Å². The standard InChI is InChI=1S/C14H17ClO3/c1-2-10(9-16)6-11-7-12(15)14-13(8-11)17-4-3-5-18-14/h6-8,16H,2-5,9H2,1H3. The Morgan fingerprint density at radius 1 is 1.39 bits per heavy atom. The van der Waals surface area contributed by atoms with Crippen molar-refractivity contribution in [2.75, 3.05) is 19.8 Å². The molecule has 0 unspecified atom stereocenters. The Kier molecular flexibility index (Phi) is 4.50. The van der Waals surface area contributed by atoms with Crippen molar-refractivity contribution in [2.24, 2.45) is 0 Å².